The second-order valence-electron chi connectivity index (χ2n) is 5.83. The number of non-ortho nitro benzene ring substituents is 1. The number of hydrogen-bond acceptors (Lipinski definition) is 6. The molecule has 0 saturated carbocycles. The van der Waals surface area contributed by atoms with Gasteiger partial charge >= 0.3 is 0 Å². The highest BCUT2D eigenvalue weighted by Gasteiger charge is 2.22. The molecule has 0 unspecified atom stereocenters. The van der Waals surface area contributed by atoms with Gasteiger partial charge in [0, 0.05) is 36.5 Å². The van der Waals surface area contributed by atoms with E-state index in [9.17, 15) is 20.3 Å². The topological polar surface area (TPSA) is 107 Å². The minimum Gasteiger partial charge on any atom is -0.506 e. The zero-order chi connectivity index (χ0) is 19.0. The van der Waals surface area contributed by atoms with Crippen LogP contribution in [0.25, 0.3) is 10.9 Å². The summed E-state index contributed by atoms with van der Waals surface area (Å²) in [6.07, 6.45) is 0. The van der Waals surface area contributed by atoms with Crippen molar-refractivity contribution in [3.05, 3.63) is 51.7 Å². The lowest BCUT2D eigenvalue weighted by Crippen LogP contribution is -1.99. The van der Waals surface area contributed by atoms with E-state index in [1.54, 1.807) is 11.6 Å². The Balaban J connectivity index is 2.01. The second kappa shape index (κ2) is 6.47. The van der Waals surface area contributed by atoms with Crippen molar-refractivity contribution in [1.29, 1.82) is 0 Å². The summed E-state index contributed by atoms with van der Waals surface area (Å²) in [5.41, 5.74) is 1.95. The summed E-state index contributed by atoms with van der Waals surface area (Å²) in [5, 5.41) is 31.9. The second-order valence-corrected chi connectivity index (χ2v) is 5.83. The zero-order valence-corrected chi connectivity index (χ0v) is 14.5. The molecule has 0 aliphatic carbocycles. The molecule has 2 N–H and O–H groups in total. The van der Waals surface area contributed by atoms with Crippen molar-refractivity contribution >= 4 is 16.6 Å². The Kier molecular flexibility index (Phi) is 4.33. The average molecular weight is 358 g/mol. The van der Waals surface area contributed by atoms with Gasteiger partial charge in [0.15, 0.2) is 11.5 Å². The molecule has 26 heavy (non-hydrogen) atoms. The number of phenolic OH excluding ortho intramolecular Hbond substituents is 2. The Morgan fingerprint density at radius 1 is 1.23 bits per heavy atom. The van der Waals surface area contributed by atoms with Crippen LogP contribution in [0.1, 0.15) is 11.3 Å². The van der Waals surface area contributed by atoms with Gasteiger partial charge in [-0.2, -0.15) is 0 Å². The van der Waals surface area contributed by atoms with Gasteiger partial charge in [0.25, 0.3) is 5.69 Å². The number of methoxy groups -OCH3 is 1. The van der Waals surface area contributed by atoms with Crippen LogP contribution in [0.4, 0.5) is 5.69 Å². The first kappa shape index (κ1) is 17.4. The van der Waals surface area contributed by atoms with E-state index in [1.807, 2.05) is 6.92 Å². The summed E-state index contributed by atoms with van der Waals surface area (Å²) < 4.78 is 12.6. The fourth-order valence-corrected chi connectivity index (χ4v) is 2.95. The van der Waals surface area contributed by atoms with Gasteiger partial charge in [-0.25, -0.2) is 0 Å². The van der Waals surface area contributed by atoms with Crippen LogP contribution >= 0.6 is 0 Å². The molecule has 0 aliphatic rings. The van der Waals surface area contributed by atoms with Crippen LogP contribution in [0.2, 0.25) is 0 Å². The normalized spacial score (nSPS) is 10.9. The van der Waals surface area contributed by atoms with Crippen LogP contribution in [-0.2, 0) is 13.7 Å². The first-order valence-corrected chi connectivity index (χ1v) is 7.79. The summed E-state index contributed by atoms with van der Waals surface area (Å²) >= 11 is 0. The molecule has 1 heterocycles. The number of rotatable bonds is 5. The van der Waals surface area contributed by atoms with Gasteiger partial charge < -0.3 is 24.3 Å². The number of nitro groups is 1. The molecule has 3 aromatic rings. The molecule has 0 radical (unpaired) electrons. The molecular formula is C18H18N2O6. The number of hydrogen-bond donors (Lipinski definition) is 2. The van der Waals surface area contributed by atoms with E-state index in [0.717, 1.165) is 5.69 Å². The zero-order valence-electron chi connectivity index (χ0n) is 14.5. The molecule has 0 amide bonds. The standard InChI is InChI=1S/C18H18N2O6/c1-10-13(9-26-12-6-4-11(5-7-12)20(23)24)16-17(19(10)2)14(21)8-15(25-3)18(16)22/h4-8,21-22H,9H2,1-3H3. The van der Waals surface area contributed by atoms with Crippen LogP contribution < -0.4 is 9.47 Å². The summed E-state index contributed by atoms with van der Waals surface area (Å²) in [7, 11) is 3.18. The third-order valence-electron chi connectivity index (χ3n) is 4.45. The van der Waals surface area contributed by atoms with Crippen molar-refractivity contribution in [2.45, 2.75) is 13.5 Å². The van der Waals surface area contributed by atoms with Crippen LogP contribution in [0, 0.1) is 17.0 Å². The van der Waals surface area contributed by atoms with Crippen molar-refractivity contribution in [1.82, 2.24) is 4.57 Å². The number of ether oxygens (including phenoxy) is 2. The molecule has 136 valence electrons. The van der Waals surface area contributed by atoms with Crippen LogP contribution in [-0.4, -0.2) is 26.8 Å². The van der Waals surface area contributed by atoms with E-state index in [-0.39, 0.29) is 29.5 Å². The highest BCUT2D eigenvalue weighted by atomic mass is 16.6. The number of nitrogens with zero attached hydrogens (tertiary/aromatic N) is 2. The maximum absolute atomic E-state index is 10.7. The molecule has 2 aromatic carbocycles. The summed E-state index contributed by atoms with van der Waals surface area (Å²) in [6.45, 7) is 1.96. The van der Waals surface area contributed by atoms with Crippen molar-refractivity contribution in [3.63, 3.8) is 0 Å². The van der Waals surface area contributed by atoms with E-state index in [4.69, 9.17) is 9.47 Å². The quantitative estimate of drug-likeness (QED) is 0.411. The van der Waals surface area contributed by atoms with E-state index in [1.165, 1.54) is 37.4 Å². The predicted molar refractivity (Wildman–Crippen MR) is 95.0 cm³/mol. The number of aryl methyl sites for hydroxylation is 1. The van der Waals surface area contributed by atoms with Crippen LogP contribution in [0.3, 0.4) is 0 Å². The first-order valence-electron chi connectivity index (χ1n) is 7.79. The maximum atomic E-state index is 10.7. The Labute approximate surface area is 149 Å². The SMILES string of the molecule is COc1cc(O)c2c(c1O)c(COc1ccc([N+](=O)[O-])cc1)c(C)n2C. The minimum absolute atomic E-state index is 0.0122. The highest BCUT2D eigenvalue weighted by molar-refractivity contribution is 5.97. The molecule has 0 atom stereocenters. The first-order chi connectivity index (χ1) is 12.3. The number of fused-ring (bicyclic) bond motifs is 1. The predicted octanol–water partition coefficient (Wildman–Crippen LogP) is 3.39. The molecule has 0 aliphatic heterocycles. The molecule has 8 nitrogen and oxygen atoms in total. The molecular weight excluding hydrogens is 340 g/mol. The fraction of sp³-hybridized carbons (Fsp3) is 0.222. The Morgan fingerprint density at radius 2 is 1.88 bits per heavy atom. The Bertz CT molecular complexity index is 992. The number of nitro benzene ring substituents is 1. The molecule has 0 bridgehead atoms. The lowest BCUT2D eigenvalue weighted by atomic mass is 10.1. The molecule has 8 heteroatoms. The highest BCUT2D eigenvalue weighted by Crippen LogP contribution is 2.44. The molecule has 3 rings (SSSR count). The van der Waals surface area contributed by atoms with Gasteiger partial charge in [-0.3, -0.25) is 10.1 Å². The van der Waals surface area contributed by atoms with Gasteiger partial charge in [0.2, 0.25) is 0 Å². The summed E-state index contributed by atoms with van der Waals surface area (Å²) in [5.74, 6) is 0.531. The van der Waals surface area contributed by atoms with Crippen molar-refractivity contribution in [2.24, 2.45) is 7.05 Å². The Morgan fingerprint density at radius 3 is 2.46 bits per heavy atom. The lowest BCUT2D eigenvalue weighted by molar-refractivity contribution is -0.384. The van der Waals surface area contributed by atoms with Gasteiger partial charge in [-0.15, -0.1) is 0 Å². The Hall–Kier alpha value is -3.42. The average Bonchev–Trinajstić information content (AvgIpc) is 2.88. The van der Waals surface area contributed by atoms with Gasteiger partial charge in [0.1, 0.15) is 18.1 Å². The fourth-order valence-electron chi connectivity index (χ4n) is 2.95. The number of phenols is 2. The molecule has 0 spiro atoms. The monoisotopic (exact) mass is 358 g/mol. The van der Waals surface area contributed by atoms with Crippen LogP contribution in [0.15, 0.2) is 30.3 Å². The lowest BCUT2D eigenvalue weighted by Gasteiger charge is -2.09. The van der Waals surface area contributed by atoms with E-state index in [0.29, 0.717) is 22.2 Å². The van der Waals surface area contributed by atoms with Crippen molar-refractivity contribution < 1.29 is 24.6 Å². The summed E-state index contributed by atoms with van der Waals surface area (Å²) in [6, 6.07) is 7.10. The molecule has 0 fully saturated rings. The number of benzene rings is 2. The van der Waals surface area contributed by atoms with E-state index < -0.39 is 4.92 Å². The largest absolute Gasteiger partial charge is 0.506 e. The van der Waals surface area contributed by atoms with Gasteiger partial charge in [-0.1, -0.05) is 0 Å². The minimum atomic E-state index is -0.480. The molecule has 0 saturated heterocycles. The van der Waals surface area contributed by atoms with Crippen molar-refractivity contribution in [3.8, 4) is 23.0 Å². The van der Waals surface area contributed by atoms with Crippen molar-refractivity contribution in [2.75, 3.05) is 7.11 Å². The third kappa shape index (κ3) is 2.75. The number of aromatic nitrogens is 1. The maximum Gasteiger partial charge on any atom is 0.269 e. The van der Waals surface area contributed by atoms with Crippen LogP contribution in [0.5, 0.6) is 23.0 Å². The van der Waals surface area contributed by atoms with E-state index in [2.05, 4.69) is 0 Å². The number of aromatic hydroxyl groups is 2. The smallest absolute Gasteiger partial charge is 0.269 e. The molecule has 1 aromatic heterocycles. The third-order valence-corrected chi connectivity index (χ3v) is 4.45. The van der Waals surface area contributed by atoms with Gasteiger partial charge in [-0.05, 0) is 19.1 Å². The summed E-state index contributed by atoms with van der Waals surface area (Å²) in [4.78, 5) is 10.2. The van der Waals surface area contributed by atoms with E-state index >= 15 is 0 Å². The van der Waals surface area contributed by atoms with Gasteiger partial charge in [0.05, 0.1) is 22.9 Å².